The van der Waals surface area contributed by atoms with Crippen LogP contribution in [0.2, 0.25) is 0 Å². The Kier molecular flexibility index (Phi) is 6.89. The SMILES string of the molecule is CCNC(=O)NC(=O)[C@H](C)Sc1nc2ccccc2c(=O)n1-c1ccc(CC)cc1. The average molecular weight is 425 g/mol. The molecule has 1 aromatic heterocycles. The maximum Gasteiger partial charge on any atom is 0.321 e. The van der Waals surface area contributed by atoms with Gasteiger partial charge in [0.05, 0.1) is 21.8 Å². The fourth-order valence-electron chi connectivity index (χ4n) is 2.93. The third kappa shape index (κ3) is 4.71. The maximum absolute atomic E-state index is 13.3. The van der Waals surface area contributed by atoms with Crippen LogP contribution in [-0.4, -0.2) is 33.3 Å². The van der Waals surface area contributed by atoms with Crippen LogP contribution in [-0.2, 0) is 11.2 Å². The smallest absolute Gasteiger partial charge is 0.321 e. The van der Waals surface area contributed by atoms with Gasteiger partial charge in [0.15, 0.2) is 5.16 Å². The van der Waals surface area contributed by atoms with E-state index in [1.165, 1.54) is 4.57 Å². The molecule has 0 aliphatic carbocycles. The number of aromatic nitrogens is 2. The monoisotopic (exact) mass is 424 g/mol. The molecule has 3 rings (SSSR count). The van der Waals surface area contributed by atoms with Gasteiger partial charge in [-0.3, -0.25) is 19.5 Å². The number of hydrogen-bond acceptors (Lipinski definition) is 5. The molecule has 0 saturated carbocycles. The number of benzene rings is 2. The van der Waals surface area contributed by atoms with Crippen molar-refractivity contribution in [2.75, 3.05) is 6.54 Å². The number of carbonyl (C=O) groups excluding carboxylic acids is 2. The van der Waals surface area contributed by atoms with Gasteiger partial charge in [0.1, 0.15) is 0 Å². The lowest BCUT2D eigenvalue weighted by atomic mass is 10.1. The molecular weight excluding hydrogens is 400 g/mol. The minimum atomic E-state index is -0.637. The first-order valence-electron chi connectivity index (χ1n) is 9.81. The van der Waals surface area contributed by atoms with Gasteiger partial charge in [0, 0.05) is 6.54 Å². The Morgan fingerprint density at radius 1 is 1.10 bits per heavy atom. The third-order valence-corrected chi connectivity index (χ3v) is 5.63. The van der Waals surface area contributed by atoms with Gasteiger partial charge in [0.2, 0.25) is 5.91 Å². The Morgan fingerprint density at radius 2 is 1.80 bits per heavy atom. The minimum Gasteiger partial charge on any atom is -0.338 e. The summed E-state index contributed by atoms with van der Waals surface area (Å²) in [6, 6.07) is 14.3. The second-order valence-corrected chi connectivity index (χ2v) is 7.99. The van der Waals surface area contributed by atoms with Crippen molar-refractivity contribution in [3.63, 3.8) is 0 Å². The lowest BCUT2D eigenvalue weighted by Gasteiger charge is -2.16. The fraction of sp³-hybridized carbons (Fsp3) is 0.273. The van der Waals surface area contributed by atoms with Crippen molar-refractivity contribution < 1.29 is 9.59 Å². The maximum atomic E-state index is 13.3. The van der Waals surface area contributed by atoms with Crippen molar-refractivity contribution in [1.82, 2.24) is 20.2 Å². The quantitative estimate of drug-likeness (QED) is 0.468. The van der Waals surface area contributed by atoms with Gasteiger partial charge in [-0.1, -0.05) is 43.0 Å². The van der Waals surface area contributed by atoms with Crippen LogP contribution in [0.25, 0.3) is 16.6 Å². The van der Waals surface area contributed by atoms with E-state index in [0.29, 0.717) is 28.3 Å². The lowest BCUT2D eigenvalue weighted by Crippen LogP contribution is -2.42. The van der Waals surface area contributed by atoms with Gasteiger partial charge in [0.25, 0.3) is 5.56 Å². The summed E-state index contributed by atoms with van der Waals surface area (Å²) in [6.45, 7) is 5.92. The Labute approximate surface area is 178 Å². The molecule has 0 radical (unpaired) electrons. The largest absolute Gasteiger partial charge is 0.338 e. The number of aryl methyl sites for hydroxylation is 1. The number of amides is 3. The minimum absolute atomic E-state index is 0.205. The molecule has 0 saturated heterocycles. The lowest BCUT2D eigenvalue weighted by molar-refractivity contribution is -0.119. The Bertz CT molecular complexity index is 1130. The summed E-state index contributed by atoms with van der Waals surface area (Å²) in [5.74, 6) is -0.457. The molecule has 1 heterocycles. The predicted molar refractivity (Wildman–Crippen MR) is 119 cm³/mol. The van der Waals surface area contributed by atoms with E-state index in [9.17, 15) is 14.4 Å². The number of urea groups is 1. The van der Waals surface area contributed by atoms with Crippen molar-refractivity contribution in [1.29, 1.82) is 0 Å². The van der Waals surface area contributed by atoms with Gasteiger partial charge in [-0.15, -0.1) is 0 Å². The summed E-state index contributed by atoms with van der Waals surface area (Å²) >= 11 is 1.13. The van der Waals surface area contributed by atoms with Crippen LogP contribution in [0, 0.1) is 0 Å². The van der Waals surface area contributed by atoms with E-state index in [-0.39, 0.29) is 5.56 Å². The summed E-state index contributed by atoms with van der Waals surface area (Å²) in [6.07, 6.45) is 0.893. The molecule has 2 aromatic carbocycles. The highest BCUT2D eigenvalue weighted by Gasteiger charge is 2.21. The molecule has 8 heteroatoms. The van der Waals surface area contributed by atoms with E-state index in [4.69, 9.17) is 0 Å². The molecule has 3 aromatic rings. The summed E-state index contributed by atoms with van der Waals surface area (Å²) in [7, 11) is 0. The van der Waals surface area contributed by atoms with Crippen molar-refractivity contribution in [2.24, 2.45) is 0 Å². The van der Waals surface area contributed by atoms with Gasteiger partial charge in [-0.25, -0.2) is 9.78 Å². The van der Waals surface area contributed by atoms with Gasteiger partial charge >= 0.3 is 6.03 Å². The van der Waals surface area contributed by atoms with Crippen molar-refractivity contribution >= 4 is 34.6 Å². The molecule has 0 aliphatic heterocycles. The zero-order valence-electron chi connectivity index (χ0n) is 17.1. The topological polar surface area (TPSA) is 93.1 Å². The first-order valence-corrected chi connectivity index (χ1v) is 10.7. The van der Waals surface area contributed by atoms with Gasteiger partial charge < -0.3 is 5.32 Å². The molecule has 2 N–H and O–H groups in total. The first kappa shape index (κ1) is 21.6. The van der Waals surface area contributed by atoms with Crippen LogP contribution < -0.4 is 16.2 Å². The van der Waals surface area contributed by atoms with Crippen molar-refractivity contribution in [2.45, 2.75) is 37.6 Å². The van der Waals surface area contributed by atoms with Crippen LogP contribution in [0.1, 0.15) is 26.3 Å². The van der Waals surface area contributed by atoms with Crippen molar-refractivity contribution in [3.05, 3.63) is 64.4 Å². The molecule has 1 atom stereocenters. The number of nitrogens with zero attached hydrogens (tertiary/aromatic N) is 2. The number of thioether (sulfide) groups is 1. The normalized spacial score (nSPS) is 11.8. The Morgan fingerprint density at radius 3 is 2.47 bits per heavy atom. The Balaban J connectivity index is 2.02. The van der Waals surface area contributed by atoms with E-state index in [1.807, 2.05) is 30.3 Å². The number of para-hydroxylation sites is 1. The second kappa shape index (κ2) is 9.58. The molecule has 0 unspecified atom stereocenters. The number of carbonyl (C=O) groups is 2. The number of rotatable bonds is 6. The predicted octanol–water partition coefficient (Wildman–Crippen LogP) is 3.27. The summed E-state index contributed by atoms with van der Waals surface area (Å²) in [5.41, 5.74) is 2.19. The first-order chi connectivity index (χ1) is 14.4. The molecule has 156 valence electrons. The second-order valence-electron chi connectivity index (χ2n) is 6.68. The standard InChI is InChI=1S/C22H24N4O3S/c1-4-15-10-12-16(13-11-15)26-20(28)17-8-6-7-9-18(17)24-22(26)30-14(3)19(27)25-21(29)23-5-2/h6-14H,4-5H2,1-3H3,(H2,23,25,27,29)/t14-/m0/s1. The zero-order chi connectivity index (χ0) is 21.7. The van der Waals surface area contributed by atoms with Gasteiger partial charge in [-0.2, -0.15) is 0 Å². The average Bonchev–Trinajstić information content (AvgIpc) is 2.74. The van der Waals surface area contributed by atoms with Crippen LogP contribution >= 0.6 is 11.8 Å². The van der Waals surface area contributed by atoms with E-state index in [0.717, 1.165) is 23.7 Å². The Hall–Kier alpha value is -3.13. The molecular formula is C22H24N4O3S. The number of nitrogens with one attached hydrogen (secondary N) is 2. The van der Waals surface area contributed by atoms with Crippen LogP contribution in [0.15, 0.2) is 58.5 Å². The molecule has 0 fully saturated rings. The number of fused-ring (bicyclic) bond motifs is 1. The van der Waals surface area contributed by atoms with Gasteiger partial charge in [-0.05, 0) is 50.1 Å². The van der Waals surface area contributed by atoms with E-state index >= 15 is 0 Å². The number of hydrogen-bond donors (Lipinski definition) is 2. The molecule has 3 amide bonds. The molecule has 30 heavy (non-hydrogen) atoms. The van der Waals surface area contributed by atoms with Crippen molar-refractivity contribution in [3.8, 4) is 5.69 Å². The van der Waals surface area contributed by atoms with E-state index in [1.54, 1.807) is 32.0 Å². The highest BCUT2D eigenvalue weighted by atomic mass is 32.2. The molecule has 0 spiro atoms. The van der Waals surface area contributed by atoms with Crippen LogP contribution in [0.5, 0.6) is 0 Å². The number of imide groups is 1. The molecule has 0 aliphatic rings. The zero-order valence-corrected chi connectivity index (χ0v) is 18.0. The summed E-state index contributed by atoms with van der Waals surface area (Å²) in [4.78, 5) is 42.0. The fourth-order valence-corrected chi connectivity index (χ4v) is 3.86. The highest BCUT2D eigenvalue weighted by molar-refractivity contribution is 8.00. The third-order valence-electron chi connectivity index (χ3n) is 4.57. The summed E-state index contributed by atoms with van der Waals surface area (Å²) < 4.78 is 1.52. The van der Waals surface area contributed by atoms with Crippen LogP contribution in [0.3, 0.4) is 0 Å². The highest BCUT2D eigenvalue weighted by Crippen LogP contribution is 2.25. The molecule has 0 bridgehead atoms. The molecule has 7 nitrogen and oxygen atoms in total. The van der Waals surface area contributed by atoms with Crippen LogP contribution in [0.4, 0.5) is 4.79 Å². The van der Waals surface area contributed by atoms with E-state index < -0.39 is 17.2 Å². The summed E-state index contributed by atoms with van der Waals surface area (Å²) in [5, 5.41) is 5.08. The van der Waals surface area contributed by atoms with E-state index in [2.05, 4.69) is 22.5 Å².